The van der Waals surface area contributed by atoms with E-state index in [0.717, 1.165) is 12.8 Å². The number of aryl methyl sites for hydroxylation is 1. The average molecular weight is 289 g/mol. The Labute approximate surface area is 123 Å². The Kier molecular flexibility index (Phi) is 4.16. The number of nitrogens with one attached hydrogen (secondary N) is 1. The normalized spacial score (nSPS) is 17.6. The van der Waals surface area contributed by atoms with Gasteiger partial charge in [0, 0.05) is 17.1 Å². The van der Waals surface area contributed by atoms with Crippen LogP contribution in [0.4, 0.5) is 5.95 Å². The molecule has 1 N–H and O–H groups in total. The Bertz CT molecular complexity index is 570. The third kappa shape index (κ3) is 2.93. The first-order chi connectivity index (χ1) is 9.86. The van der Waals surface area contributed by atoms with Crippen molar-refractivity contribution in [1.29, 1.82) is 0 Å². The van der Waals surface area contributed by atoms with Gasteiger partial charge in [0.05, 0.1) is 12.6 Å². The van der Waals surface area contributed by atoms with Crippen LogP contribution in [0, 0.1) is 0 Å². The van der Waals surface area contributed by atoms with Crippen LogP contribution in [0.25, 0.3) is 0 Å². The van der Waals surface area contributed by atoms with Gasteiger partial charge in [-0.1, -0.05) is 6.92 Å². The van der Waals surface area contributed by atoms with E-state index in [2.05, 4.69) is 33.7 Å². The van der Waals surface area contributed by atoms with Crippen LogP contribution < -0.4 is 10.1 Å². The Balaban J connectivity index is 1.72. The zero-order valence-corrected chi connectivity index (χ0v) is 12.4. The largest absolute Gasteiger partial charge is 0.478 e. The predicted octanol–water partition coefficient (Wildman–Crippen LogP) is 3.82. The summed E-state index contributed by atoms with van der Waals surface area (Å²) in [5.41, 5.74) is 1.41. The fourth-order valence-electron chi connectivity index (χ4n) is 2.49. The number of hydrogen-bond donors (Lipinski definition) is 1. The van der Waals surface area contributed by atoms with Crippen LogP contribution >= 0.6 is 11.3 Å². The minimum Gasteiger partial charge on any atom is -0.478 e. The standard InChI is InChI=1S/C15H19N3OS/c1-2-9-19-14-6-8-16-15(18-14)17-12-4-3-5-13-11(12)7-10-20-13/h6-8,10,12H,2-5,9H2,1H3,(H,16,17,18). The van der Waals surface area contributed by atoms with E-state index in [0.29, 0.717) is 24.5 Å². The molecule has 0 aromatic carbocycles. The van der Waals surface area contributed by atoms with E-state index in [1.165, 1.54) is 23.3 Å². The zero-order valence-electron chi connectivity index (χ0n) is 11.6. The molecule has 0 amide bonds. The van der Waals surface area contributed by atoms with Gasteiger partial charge in [-0.3, -0.25) is 0 Å². The summed E-state index contributed by atoms with van der Waals surface area (Å²) in [6, 6.07) is 4.35. The van der Waals surface area contributed by atoms with Gasteiger partial charge < -0.3 is 10.1 Å². The number of fused-ring (bicyclic) bond motifs is 1. The lowest BCUT2D eigenvalue weighted by molar-refractivity contribution is 0.305. The number of aromatic nitrogens is 2. The van der Waals surface area contributed by atoms with Gasteiger partial charge in [-0.15, -0.1) is 11.3 Å². The maximum absolute atomic E-state index is 5.55. The molecule has 0 saturated heterocycles. The summed E-state index contributed by atoms with van der Waals surface area (Å²) in [4.78, 5) is 10.2. The molecule has 1 aliphatic rings. The maximum Gasteiger partial charge on any atom is 0.226 e. The molecule has 0 spiro atoms. The van der Waals surface area contributed by atoms with Crippen molar-refractivity contribution in [1.82, 2.24) is 9.97 Å². The molecule has 5 heteroatoms. The molecule has 3 rings (SSSR count). The molecule has 0 saturated carbocycles. The molecule has 2 aromatic heterocycles. The fraction of sp³-hybridized carbons (Fsp3) is 0.467. The number of anilines is 1. The molecule has 0 radical (unpaired) electrons. The first-order valence-corrected chi connectivity index (χ1v) is 8.03. The predicted molar refractivity (Wildman–Crippen MR) is 81.4 cm³/mol. The monoisotopic (exact) mass is 289 g/mol. The van der Waals surface area contributed by atoms with Crippen molar-refractivity contribution in [2.45, 2.75) is 38.6 Å². The lowest BCUT2D eigenvalue weighted by atomic mass is 9.94. The fourth-order valence-corrected chi connectivity index (χ4v) is 3.48. The molecule has 0 aliphatic heterocycles. The molecule has 1 unspecified atom stereocenters. The van der Waals surface area contributed by atoms with E-state index in [4.69, 9.17) is 4.74 Å². The van der Waals surface area contributed by atoms with Crippen molar-refractivity contribution < 1.29 is 4.74 Å². The van der Waals surface area contributed by atoms with Crippen LogP contribution in [-0.4, -0.2) is 16.6 Å². The van der Waals surface area contributed by atoms with E-state index >= 15 is 0 Å². The third-order valence-corrected chi connectivity index (χ3v) is 4.44. The lowest BCUT2D eigenvalue weighted by Crippen LogP contribution is -2.17. The number of nitrogens with zero attached hydrogens (tertiary/aromatic N) is 2. The van der Waals surface area contributed by atoms with E-state index in [1.54, 1.807) is 12.3 Å². The molecule has 20 heavy (non-hydrogen) atoms. The summed E-state index contributed by atoms with van der Waals surface area (Å²) in [6.45, 7) is 2.77. The van der Waals surface area contributed by atoms with Crippen LogP contribution in [0.2, 0.25) is 0 Å². The van der Waals surface area contributed by atoms with Crippen LogP contribution in [0.15, 0.2) is 23.7 Å². The molecule has 2 aromatic rings. The molecular weight excluding hydrogens is 270 g/mol. The summed E-state index contributed by atoms with van der Waals surface area (Å²) >= 11 is 1.85. The first kappa shape index (κ1) is 13.4. The van der Waals surface area contributed by atoms with Crippen LogP contribution in [0.5, 0.6) is 5.88 Å². The molecule has 1 atom stereocenters. The quantitative estimate of drug-likeness (QED) is 0.909. The number of hydrogen-bond acceptors (Lipinski definition) is 5. The maximum atomic E-state index is 5.55. The van der Waals surface area contributed by atoms with Gasteiger partial charge in [0.1, 0.15) is 0 Å². The highest BCUT2D eigenvalue weighted by molar-refractivity contribution is 7.10. The van der Waals surface area contributed by atoms with Crippen molar-refractivity contribution >= 4 is 17.3 Å². The second-order valence-corrected chi connectivity index (χ2v) is 5.96. The molecule has 1 aliphatic carbocycles. The lowest BCUT2D eigenvalue weighted by Gasteiger charge is -2.23. The topological polar surface area (TPSA) is 47.0 Å². The van der Waals surface area contributed by atoms with Gasteiger partial charge in [-0.05, 0) is 42.7 Å². The van der Waals surface area contributed by atoms with Gasteiger partial charge in [-0.25, -0.2) is 4.98 Å². The highest BCUT2D eigenvalue weighted by Gasteiger charge is 2.21. The Morgan fingerprint density at radius 1 is 1.45 bits per heavy atom. The van der Waals surface area contributed by atoms with Crippen molar-refractivity contribution in [3.05, 3.63) is 34.2 Å². The van der Waals surface area contributed by atoms with E-state index in [1.807, 2.05) is 11.3 Å². The molecule has 2 heterocycles. The average Bonchev–Trinajstić information content (AvgIpc) is 2.95. The highest BCUT2D eigenvalue weighted by Crippen LogP contribution is 2.34. The molecule has 106 valence electrons. The second-order valence-electron chi connectivity index (χ2n) is 4.96. The highest BCUT2D eigenvalue weighted by atomic mass is 32.1. The van der Waals surface area contributed by atoms with Crippen molar-refractivity contribution in [3.8, 4) is 5.88 Å². The van der Waals surface area contributed by atoms with Crippen molar-refractivity contribution in [2.75, 3.05) is 11.9 Å². The van der Waals surface area contributed by atoms with Gasteiger partial charge in [0.15, 0.2) is 0 Å². The smallest absolute Gasteiger partial charge is 0.226 e. The van der Waals surface area contributed by atoms with Crippen molar-refractivity contribution in [2.24, 2.45) is 0 Å². The third-order valence-electron chi connectivity index (χ3n) is 3.44. The zero-order chi connectivity index (χ0) is 13.8. The SMILES string of the molecule is CCCOc1ccnc(NC2CCCc3sccc32)n1. The van der Waals surface area contributed by atoms with Crippen molar-refractivity contribution in [3.63, 3.8) is 0 Å². The van der Waals surface area contributed by atoms with Crippen LogP contribution in [-0.2, 0) is 6.42 Å². The molecule has 4 nitrogen and oxygen atoms in total. The van der Waals surface area contributed by atoms with E-state index < -0.39 is 0 Å². The summed E-state index contributed by atoms with van der Waals surface area (Å²) in [5.74, 6) is 1.30. The summed E-state index contributed by atoms with van der Waals surface area (Å²) < 4.78 is 5.55. The summed E-state index contributed by atoms with van der Waals surface area (Å²) in [6.07, 6.45) is 6.28. The Morgan fingerprint density at radius 3 is 3.30 bits per heavy atom. The van der Waals surface area contributed by atoms with Gasteiger partial charge >= 0.3 is 0 Å². The first-order valence-electron chi connectivity index (χ1n) is 7.15. The minimum absolute atomic E-state index is 0.325. The van der Waals surface area contributed by atoms with Crippen LogP contribution in [0.1, 0.15) is 42.7 Å². The Morgan fingerprint density at radius 2 is 2.40 bits per heavy atom. The summed E-state index contributed by atoms with van der Waals surface area (Å²) in [5, 5.41) is 5.62. The number of rotatable bonds is 5. The summed E-state index contributed by atoms with van der Waals surface area (Å²) in [7, 11) is 0. The molecular formula is C15H19N3OS. The van der Waals surface area contributed by atoms with Gasteiger partial charge in [0.25, 0.3) is 0 Å². The Hall–Kier alpha value is -1.62. The van der Waals surface area contributed by atoms with Gasteiger partial charge in [-0.2, -0.15) is 4.98 Å². The minimum atomic E-state index is 0.325. The molecule has 0 bridgehead atoms. The number of ether oxygens (including phenoxy) is 1. The van der Waals surface area contributed by atoms with E-state index in [-0.39, 0.29) is 0 Å². The van der Waals surface area contributed by atoms with Crippen LogP contribution in [0.3, 0.4) is 0 Å². The van der Waals surface area contributed by atoms with E-state index in [9.17, 15) is 0 Å². The number of thiophene rings is 1. The second kappa shape index (κ2) is 6.22. The molecule has 0 fully saturated rings. The van der Waals surface area contributed by atoms with Gasteiger partial charge in [0.2, 0.25) is 11.8 Å².